The van der Waals surface area contributed by atoms with Gasteiger partial charge in [0.1, 0.15) is 0 Å². The van der Waals surface area contributed by atoms with Crippen LogP contribution in [0.3, 0.4) is 0 Å². The van der Waals surface area contributed by atoms with E-state index < -0.39 is 0 Å². The van der Waals surface area contributed by atoms with Crippen molar-refractivity contribution < 1.29 is 14.4 Å². The van der Waals surface area contributed by atoms with E-state index in [9.17, 15) is 14.4 Å². The Labute approximate surface area is 126 Å². The second-order valence-electron chi connectivity index (χ2n) is 5.40. The zero-order chi connectivity index (χ0) is 15.0. The minimum Gasteiger partial charge on any atom is -0.338 e. The second kappa shape index (κ2) is 5.48. The molecule has 21 heavy (non-hydrogen) atoms. The van der Waals surface area contributed by atoms with Gasteiger partial charge in [-0.3, -0.25) is 14.5 Å². The van der Waals surface area contributed by atoms with Crippen molar-refractivity contribution >= 4 is 29.2 Å². The zero-order valence-corrected chi connectivity index (χ0v) is 12.6. The second-order valence-corrected chi connectivity index (χ2v) is 6.40. The van der Waals surface area contributed by atoms with Crippen molar-refractivity contribution in [3.8, 4) is 0 Å². The van der Waals surface area contributed by atoms with Crippen LogP contribution in [-0.4, -0.2) is 53.3 Å². The highest BCUT2D eigenvalue weighted by Gasteiger charge is 2.42. The number of nitrogens with one attached hydrogen (secondary N) is 1. The van der Waals surface area contributed by atoms with E-state index in [1.807, 2.05) is 12.3 Å². The van der Waals surface area contributed by atoms with E-state index in [4.69, 9.17) is 0 Å². The number of thiophene rings is 1. The minimum atomic E-state index is -0.341. The zero-order valence-electron chi connectivity index (χ0n) is 11.8. The van der Waals surface area contributed by atoms with Crippen LogP contribution in [0, 0.1) is 6.92 Å². The molecule has 3 rings (SSSR count). The fourth-order valence-electron chi connectivity index (χ4n) is 2.67. The summed E-state index contributed by atoms with van der Waals surface area (Å²) in [6, 6.07) is 1.56. The monoisotopic (exact) mass is 307 g/mol. The lowest BCUT2D eigenvalue weighted by Crippen LogP contribution is -2.62. The maximum atomic E-state index is 12.1. The van der Waals surface area contributed by atoms with Gasteiger partial charge in [-0.25, -0.2) is 4.79 Å². The van der Waals surface area contributed by atoms with Crippen LogP contribution in [0.25, 0.3) is 0 Å². The predicted octanol–water partition coefficient (Wildman–Crippen LogP) is 0.752. The first kappa shape index (κ1) is 14.1. The maximum Gasteiger partial charge on any atom is 0.324 e. The van der Waals surface area contributed by atoms with E-state index in [2.05, 4.69) is 11.4 Å². The molecule has 2 fully saturated rings. The summed E-state index contributed by atoms with van der Waals surface area (Å²) in [5.41, 5.74) is 1.23. The molecule has 0 aliphatic carbocycles. The molecule has 1 N–H and O–H groups in total. The number of imide groups is 1. The van der Waals surface area contributed by atoms with Crippen LogP contribution in [0.2, 0.25) is 0 Å². The van der Waals surface area contributed by atoms with E-state index in [0.717, 1.165) is 6.42 Å². The fraction of sp³-hybridized carbons (Fsp3) is 0.500. The molecule has 112 valence electrons. The highest BCUT2D eigenvalue weighted by atomic mass is 32.1. The Morgan fingerprint density at radius 2 is 2.19 bits per heavy atom. The van der Waals surface area contributed by atoms with Crippen molar-refractivity contribution in [3.05, 3.63) is 21.9 Å². The molecule has 7 heteroatoms. The Kier molecular flexibility index (Phi) is 3.67. The molecule has 0 atom stereocenters. The SMILES string of the molecule is Cc1ccsc1CCC(=O)N1CC(N2C(=O)CNC2=O)C1. The Morgan fingerprint density at radius 3 is 2.76 bits per heavy atom. The Bertz CT molecular complexity index is 576. The van der Waals surface area contributed by atoms with Crippen molar-refractivity contribution in [1.29, 1.82) is 0 Å². The highest BCUT2D eigenvalue weighted by Crippen LogP contribution is 2.21. The smallest absolute Gasteiger partial charge is 0.324 e. The van der Waals surface area contributed by atoms with Gasteiger partial charge in [-0.05, 0) is 30.4 Å². The molecule has 0 aromatic carbocycles. The van der Waals surface area contributed by atoms with Gasteiger partial charge in [-0.1, -0.05) is 0 Å². The number of hydrogen-bond acceptors (Lipinski definition) is 4. The number of nitrogens with zero attached hydrogens (tertiary/aromatic N) is 2. The molecule has 0 saturated carbocycles. The van der Waals surface area contributed by atoms with Crippen LogP contribution in [0.1, 0.15) is 16.9 Å². The van der Waals surface area contributed by atoms with E-state index in [1.54, 1.807) is 16.2 Å². The number of likely N-dealkylation sites (tertiary alicyclic amines) is 1. The third-order valence-electron chi connectivity index (χ3n) is 3.99. The number of carbonyl (C=O) groups excluding carboxylic acids is 3. The first-order valence-corrected chi connectivity index (χ1v) is 7.85. The molecule has 3 heterocycles. The van der Waals surface area contributed by atoms with Gasteiger partial charge >= 0.3 is 6.03 Å². The van der Waals surface area contributed by atoms with Crippen molar-refractivity contribution in [1.82, 2.24) is 15.1 Å². The van der Waals surface area contributed by atoms with Crippen LogP contribution < -0.4 is 5.32 Å². The molecule has 4 amide bonds. The Morgan fingerprint density at radius 1 is 1.43 bits per heavy atom. The first-order valence-electron chi connectivity index (χ1n) is 6.97. The van der Waals surface area contributed by atoms with Crippen LogP contribution in [0.5, 0.6) is 0 Å². The molecule has 0 unspecified atom stereocenters. The number of hydrogen-bond donors (Lipinski definition) is 1. The number of aryl methyl sites for hydroxylation is 2. The van der Waals surface area contributed by atoms with Gasteiger partial charge in [0.2, 0.25) is 11.8 Å². The first-order chi connectivity index (χ1) is 10.1. The van der Waals surface area contributed by atoms with Crippen molar-refractivity contribution in [2.45, 2.75) is 25.8 Å². The van der Waals surface area contributed by atoms with Gasteiger partial charge in [0.15, 0.2) is 0 Å². The number of carbonyl (C=O) groups is 3. The lowest BCUT2D eigenvalue weighted by Gasteiger charge is -2.42. The Balaban J connectivity index is 1.47. The van der Waals surface area contributed by atoms with Gasteiger partial charge in [0.05, 0.1) is 12.6 Å². The number of rotatable bonds is 4. The average Bonchev–Trinajstić information content (AvgIpc) is 2.94. The summed E-state index contributed by atoms with van der Waals surface area (Å²) in [7, 11) is 0. The summed E-state index contributed by atoms with van der Waals surface area (Å²) in [5.74, 6) is -0.114. The molecule has 1 aromatic rings. The van der Waals surface area contributed by atoms with Crippen LogP contribution in [-0.2, 0) is 16.0 Å². The van der Waals surface area contributed by atoms with Gasteiger partial charge in [0, 0.05) is 24.4 Å². The lowest BCUT2D eigenvalue weighted by molar-refractivity contribution is -0.142. The molecule has 0 spiro atoms. The van der Waals surface area contributed by atoms with E-state index in [-0.39, 0.29) is 30.4 Å². The quantitative estimate of drug-likeness (QED) is 0.835. The third kappa shape index (κ3) is 2.65. The largest absolute Gasteiger partial charge is 0.338 e. The fourth-order valence-corrected chi connectivity index (χ4v) is 3.58. The van der Waals surface area contributed by atoms with Gasteiger partial charge in [0.25, 0.3) is 0 Å². The third-order valence-corrected chi connectivity index (χ3v) is 5.08. The van der Waals surface area contributed by atoms with Gasteiger partial charge in [-0.2, -0.15) is 0 Å². The summed E-state index contributed by atoms with van der Waals surface area (Å²) in [4.78, 5) is 39.3. The molecule has 1 aromatic heterocycles. The lowest BCUT2D eigenvalue weighted by atomic mass is 10.1. The van der Waals surface area contributed by atoms with E-state index in [1.165, 1.54) is 15.3 Å². The highest BCUT2D eigenvalue weighted by molar-refractivity contribution is 7.10. The minimum absolute atomic E-state index is 0.0704. The molecule has 2 aliphatic rings. The number of amides is 4. The average molecular weight is 307 g/mol. The molecular weight excluding hydrogens is 290 g/mol. The van der Waals surface area contributed by atoms with Crippen molar-refractivity contribution in [2.75, 3.05) is 19.6 Å². The van der Waals surface area contributed by atoms with E-state index >= 15 is 0 Å². The molecule has 2 aliphatic heterocycles. The molecule has 6 nitrogen and oxygen atoms in total. The predicted molar refractivity (Wildman–Crippen MR) is 78.0 cm³/mol. The molecule has 0 bridgehead atoms. The summed E-state index contributed by atoms with van der Waals surface area (Å²) >= 11 is 1.67. The van der Waals surface area contributed by atoms with Gasteiger partial charge in [-0.15, -0.1) is 11.3 Å². The molecule has 2 saturated heterocycles. The topological polar surface area (TPSA) is 69.7 Å². The summed E-state index contributed by atoms with van der Waals surface area (Å²) in [6.07, 6.45) is 1.24. The molecule has 0 radical (unpaired) electrons. The Hall–Kier alpha value is -1.89. The van der Waals surface area contributed by atoms with E-state index in [0.29, 0.717) is 19.5 Å². The van der Waals surface area contributed by atoms with Crippen molar-refractivity contribution in [3.63, 3.8) is 0 Å². The van der Waals surface area contributed by atoms with Gasteiger partial charge < -0.3 is 10.2 Å². The van der Waals surface area contributed by atoms with Crippen molar-refractivity contribution in [2.24, 2.45) is 0 Å². The summed E-state index contributed by atoms with van der Waals surface area (Å²) in [5, 5.41) is 4.53. The van der Waals surface area contributed by atoms with Crippen LogP contribution in [0.4, 0.5) is 4.79 Å². The molecular formula is C14H17N3O3S. The number of urea groups is 1. The van der Waals surface area contributed by atoms with Crippen LogP contribution >= 0.6 is 11.3 Å². The normalized spacial score (nSPS) is 18.9. The summed E-state index contributed by atoms with van der Waals surface area (Å²) < 4.78 is 0. The maximum absolute atomic E-state index is 12.1. The van der Waals surface area contributed by atoms with Crippen LogP contribution in [0.15, 0.2) is 11.4 Å². The standard InChI is InChI=1S/C14H17N3O3S/c1-9-4-5-21-11(9)2-3-12(18)16-7-10(8-16)17-13(19)6-15-14(17)20/h4-5,10H,2-3,6-8H2,1H3,(H,15,20). The summed E-state index contributed by atoms with van der Waals surface area (Å²) in [6.45, 7) is 3.04.